The summed E-state index contributed by atoms with van der Waals surface area (Å²) in [6, 6.07) is 10.1. The molecule has 0 aliphatic carbocycles. The Morgan fingerprint density at radius 2 is 1.61 bits per heavy atom. The second-order valence-corrected chi connectivity index (χ2v) is 14.8. The van der Waals surface area contributed by atoms with Gasteiger partial charge in [-0.25, -0.2) is 22.7 Å². The molecule has 3 rings (SSSR count). The normalized spacial score (nSPS) is 20.2. The Hall–Kier alpha value is -3.03. The molecule has 0 radical (unpaired) electrons. The molecule has 41 heavy (non-hydrogen) atoms. The van der Waals surface area contributed by atoms with Crippen molar-refractivity contribution in [1.29, 1.82) is 0 Å². The minimum Gasteiger partial charge on any atom is -0.456 e. The molecular formula is C28H36BrN3O8S. The summed E-state index contributed by atoms with van der Waals surface area (Å²) in [5.41, 5.74) is -0.764. The van der Waals surface area contributed by atoms with E-state index in [2.05, 4.69) is 20.7 Å². The lowest BCUT2D eigenvalue weighted by Crippen LogP contribution is -2.47. The molecule has 13 heteroatoms. The van der Waals surface area contributed by atoms with Crippen LogP contribution in [0.2, 0.25) is 0 Å². The number of nitro groups is 1. The van der Waals surface area contributed by atoms with E-state index in [1.54, 1.807) is 65.8 Å². The predicted octanol–water partition coefficient (Wildman–Crippen LogP) is 5.73. The van der Waals surface area contributed by atoms with Gasteiger partial charge in [0.05, 0.1) is 21.4 Å². The maximum atomic E-state index is 13.5. The molecule has 0 saturated carbocycles. The predicted molar refractivity (Wildman–Crippen MR) is 156 cm³/mol. The largest absolute Gasteiger partial charge is 0.456 e. The zero-order valence-electron chi connectivity index (χ0n) is 23.9. The topological polar surface area (TPSA) is 145 Å². The zero-order valence-corrected chi connectivity index (χ0v) is 26.3. The molecule has 1 fully saturated rings. The van der Waals surface area contributed by atoms with Crippen molar-refractivity contribution in [2.75, 3.05) is 6.54 Å². The molecule has 3 atom stereocenters. The van der Waals surface area contributed by atoms with E-state index in [4.69, 9.17) is 9.47 Å². The van der Waals surface area contributed by atoms with Crippen LogP contribution in [0, 0.1) is 10.1 Å². The highest BCUT2D eigenvalue weighted by molar-refractivity contribution is 9.09. The van der Waals surface area contributed by atoms with Gasteiger partial charge in [0.1, 0.15) is 11.2 Å². The number of nitro benzene ring substituents is 1. The van der Waals surface area contributed by atoms with E-state index in [0.717, 1.165) is 12.1 Å². The van der Waals surface area contributed by atoms with Crippen molar-refractivity contribution >= 4 is 43.7 Å². The molecule has 0 aromatic heterocycles. The van der Waals surface area contributed by atoms with Gasteiger partial charge in [0, 0.05) is 29.5 Å². The Balaban J connectivity index is 1.96. The minimum atomic E-state index is -4.07. The Morgan fingerprint density at radius 3 is 2.17 bits per heavy atom. The first-order chi connectivity index (χ1) is 18.9. The number of non-ortho nitro benzene ring substituents is 1. The van der Waals surface area contributed by atoms with Gasteiger partial charge >= 0.3 is 12.1 Å². The van der Waals surface area contributed by atoms with E-state index in [1.165, 1.54) is 17.0 Å². The number of rotatable bonds is 6. The number of alkyl halides is 1. The Bertz CT molecular complexity index is 1380. The van der Waals surface area contributed by atoms with E-state index >= 15 is 0 Å². The van der Waals surface area contributed by atoms with Gasteiger partial charge in [-0.1, -0.05) is 28.1 Å². The van der Waals surface area contributed by atoms with Crippen molar-refractivity contribution in [3.63, 3.8) is 0 Å². The average Bonchev–Trinajstić information content (AvgIpc) is 3.00. The molecule has 11 nitrogen and oxygen atoms in total. The lowest BCUT2D eigenvalue weighted by atomic mass is 9.98. The number of benzene rings is 2. The molecular weight excluding hydrogens is 618 g/mol. The zero-order chi connectivity index (χ0) is 30.8. The van der Waals surface area contributed by atoms with Crippen molar-refractivity contribution in [3.8, 4) is 0 Å². The van der Waals surface area contributed by atoms with Gasteiger partial charge in [-0.15, -0.1) is 0 Å². The van der Waals surface area contributed by atoms with Gasteiger partial charge in [0.25, 0.3) is 5.69 Å². The highest BCUT2D eigenvalue weighted by Gasteiger charge is 2.39. The molecule has 0 bridgehead atoms. The second-order valence-electron chi connectivity index (χ2n) is 11.9. The first kappa shape index (κ1) is 32.5. The summed E-state index contributed by atoms with van der Waals surface area (Å²) in [7, 11) is -4.07. The third-order valence-electron chi connectivity index (χ3n) is 6.06. The van der Waals surface area contributed by atoms with Gasteiger partial charge in [0.15, 0.2) is 0 Å². The smallest absolute Gasteiger partial charge is 0.410 e. The summed E-state index contributed by atoms with van der Waals surface area (Å²) in [5.74, 6) is -0.503. The fourth-order valence-corrected chi connectivity index (χ4v) is 6.49. The number of sulfonamides is 1. The van der Waals surface area contributed by atoms with Crippen molar-refractivity contribution in [1.82, 2.24) is 9.62 Å². The van der Waals surface area contributed by atoms with Gasteiger partial charge < -0.3 is 9.47 Å². The van der Waals surface area contributed by atoms with Crippen molar-refractivity contribution in [2.45, 2.75) is 87.4 Å². The van der Waals surface area contributed by atoms with Crippen LogP contribution in [0.5, 0.6) is 0 Å². The highest BCUT2D eigenvalue weighted by Crippen LogP contribution is 2.37. The van der Waals surface area contributed by atoms with Crippen LogP contribution in [0.15, 0.2) is 53.4 Å². The van der Waals surface area contributed by atoms with Crippen molar-refractivity contribution < 1.29 is 32.4 Å². The molecule has 1 amide bonds. The summed E-state index contributed by atoms with van der Waals surface area (Å²) in [6.45, 7) is 10.5. The number of ether oxygens (including phenoxy) is 2. The molecule has 1 heterocycles. The summed E-state index contributed by atoms with van der Waals surface area (Å²) < 4.78 is 40.3. The first-order valence-electron chi connectivity index (χ1n) is 13.1. The van der Waals surface area contributed by atoms with Crippen LogP contribution >= 0.6 is 15.9 Å². The van der Waals surface area contributed by atoms with E-state index in [1.807, 2.05) is 0 Å². The molecule has 0 unspecified atom stereocenters. The molecule has 224 valence electrons. The standard InChI is InChI=1S/C28H36BrN3O8S/c1-27(2,3)39-25(33)19-9-7-8-18(16-19)24-23(29)15-10-20(17-31(24)26(34)40-28(4,5)6)30-41(37,38)22-13-11-21(12-14-22)32(35)36/h7-9,11-14,16,20,23-24,30H,10,15,17H2,1-6H3/t20-,23+,24-/m1/s1. The fourth-order valence-electron chi connectivity index (χ4n) is 4.37. The van der Waals surface area contributed by atoms with Crippen LogP contribution in [0.1, 0.15) is 76.3 Å². The van der Waals surface area contributed by atoms with E-state index in [0.29, 0.717) is 24.0 Å². The number of amides is 1. The fraction of sp³-hybridized carbons (Fsp3) is 0.500. The highest BCUT2D eigenvalue weighted by atomic mass is 79.9. The third kappa shape index (κ3) is 8.98. The number of halogens is 1. The van der Waals surface area contributed by atoms with Crippen molar-refractivity contribution in [3.05, 3.63) is 69.8 Å². The van der Waals surface area contributed by atoms with Crippen LogP contribution in [-0.4, -0.2) is 58.9 Å². The van der Waals surface area contributed by atoms with Gasteiger partial charge in [-0.2, -0.15) is 0 Å². The third-order valence-corrected chi connectivity index (χ3v) is 8.55. The van der Waals surface area contributed by atoms with Gasteiger partial charge in [0.2, 0.25) is 10.0 Å². The lowest BCUT2D eigenvalue weighted by Gasteiger charge is -2.35. The molecule has 0 spiro atoms. The van der Waals surface area contributed by atoms with Gasteiger partial charge in [-0.3, -0.25) is 15.0 Å². The Morgan fingerprint density at radius 1 is 1.00 bits per heavy atom. The van der Waals surface area contributed by atoms with Gasteiger partial charge in [-0.05, 0) is 84.2 Å². The maximum Gasteiger partial charge on any atom is 0.410 e. The molecule has 1 N–H and O–H groups in total. The number of likely N-dealkylation sites (tertiary alicyclic amines) is 1. The number of nitrogens with zero attached hydrogens (tertiary/aromatic N) is 2. The number of nitrogens with one attached hydrogen (secondary N) is 1. The summed E-state index contributed by atoms with van der Waals surface area (Å²) in [6.07, 6.45) is 0.216. The maximum absolute atomic E-state index is 13.5. The second kappa shape index (κ2) is 12.5. The van der Waals surface area contributed by atoms with E-state index in [9.17, 15) is 28.1 Å². The molecule has 2 aromatic carbocycles. The SMILES string of the molecule is CC(C)(C)OC(=O)c1cccc([C@@H]2[C@@H](Br)CC[C@@H](NS(=O)(=O)c3ccc([N+](=O)[O-])cc3)CN2C(=O)OC(C)(C)C)c1. The van der Waals surface area contributed by atoms with Crippen LogP contribution < -0.4 is 4.72 Å². The molecule has 2 aromatic rings. The summed E-state index contributed by atoms with van der Waals surface area (Å²) in [4.78, 5) is 37.7. The first-order valence-corrected chi connectivity index (χ1v) is 15.5. The van der Waals surface area contributed by atoms with Crippen molar-refractivity contribution in [2.24, 2.45) is 0 Å². The summed E-state index contributed by atoms with van der Waals surface area (Å²) in [5, 5.41) is 11.0. The number of hydrogen-bond acceptors (Lipinski definition) is 8. The van der Waals surface area contributed by atoms with Crippen LogP contribution in [0.4, 0.5) is 10.5 Å². The number of carbonyl (C=O) groups excluding carboxylic acids is 2. The minimum absolute atomic E-state index is 0.0233. The number of carbonyl (C=O) groups is 2. The lowest BCUT2D eigenvalue weighted by molar-refractivity contribution is -0.384. The average molecular weight is 655 g/mol. The Labute approximate surface area is 248 Å². The molecule has 1 aliphatic rings. The number of esters is 1. The molecule has 1 aliphatic heterocycles. The number of hydrogen-bond donors (Lipinski definition) is 1. The quantitative estimate of drug-likeness (QED) is 0.180. The summed E-state index contributed by atoms with van der Waals surface area (Å²) >= 11 is 3.71. The monoisotopic (exact) mass is 653 g/mol. The van der Waals surface area contributed by atoms with Crippen LogP contribution in [0.25, 0.3) is 0 Å². The van der Waals surface area contributed by atoms with Crippen LogP contribution in [0.3, 0.4) is 0 Å². The van der Waals surface area contributed by atoms with E-state index in [-0.39, 0.29) is 22.0 Å². The molecule has 1 saturated heterocycles. The van der Waals surface area contributed by atoms with E-state index < -0.39 is 50.3 Å². The van der Waals surface area contributed by atoms with Crippen LogP contribution in [-0.2, 0) is 19.5 Å². The Kier molecular flexibility index (Phi) is 9.87.